The molecule has 1 aliphatic carbocycles. The van der Waals surface area contributed by atoms with E-state index in [-0.39, 0.29) is 17.7 Å². The highest BCUT2D eigenvalue weighted by atomic mass is 16.2. The Labute approximate surface area is 173 Å². The van der Waals surface area contributed by atoms with E-state index in [1.54, 1.807) is 7.05 Å². The first kappa shape index (κ1) is 19.7. The zero-order valence-electron chi connectivity index (χ0n) is 17.2. The van der Waals surface area contributed by atoms with E-state index >= 15 is 0 Å². The van der Waals surface area contributed by atoms with E-state index < -0.39 is 5.41 Å². The third kappa shape index (κ3) is 3.93. The Morgan fingerprint density at radius 2 is 1.76 bits per heavy atom. The van der Waals surface area contributed by atoms with Gasteiger partial charge < -0.3 is 10.2 Å². The molecule has 1 saturated heterocycles. The molecule has 29 heavy (non-hydrogen) atoms. The number of rotatable bonds is 5. The smallest absolute Gasteiger partial charge is 0.228 e. The maximum Gasteiger partial charge on any atom is 0.228 e. The lowest BCUT2D eigenvalue weighted by molar-refractivity contribution is -0.146. The fraction of sp³-hybridized carbons (Fsp3) is 0.440. The van der Waals surface area contributed by atoms with Crippen LogP contribution in [0, 0.1) is 11.3 Å². The van der Waals surface area contributed by atoms with Gasteiger partial charge in [0.25, 0.3) is 0 Å². The van der Waals surface area contributed by atoms with Crippen LogP contribution in [-0.2, 0) is 16.0 Å². The third-order valence-electron chi connectivity index (χ3n) is 6.68. The Balaban J connectivity index is 1.65. The molecule has 2 aromatic rings. The van der Waals surface area contributed by atoms with Crippen LogP contribution >= 0.6 is 0 Å². The van der Waals surface area contributed by atoms with Crippen molar-refractivity contribution in [3.8, 4) is 11.1 Å². The van der Waals surface area contributed by atoms with Gasteiger partial charge >= 0.3 is 0 Å². The summed E-state index contributed by atoms with van der Waals surface area (Å²) in [5.74, 6) is 0.471. The minimum atomic E-state index is -0.572. The van der Waals surface area contributed by atoms with Gasteiger partial charge in [-0.15, -0.1) is 0 Å². The molecule has 2 fully saturated rings. The highest BCUT2D eigenvalue weighted by Gasteiger charge is 2.44. The molecule has 4 nitrogen and oxygen atoms in total. The number of hydrogen-bond acceptors (Lipinski definition) is 2. The Hall–Kier alpha value is -2.62. The molecule has 152 valence electrons. The quantitative estimate of drug-likeness (QED) is 0.837. The fourth-order valence-corrected chi connectivity index (χ4v) is 4.85. The first-order valence-electron chi connectivity index (χ1n) is 10.8. The molecular weight excluding hydrogens is 360 g/mol. The number of carbonyl (C=O) groups excluding carboxylic acids is 2. The zero-order chi connectivity index (χ0) is 20.3. The maximum absolute atomic E-state index is 13.1. The number of likely N-dealkylation sites (tertiary alicyclic amines) is 1. The first-order valence-corrected chi connectivity index (χ1v) is 10.8. The largest absolute Gasteiger partial charge is 0.359 e. The van der Waals surface area contributed by atoms with E-state index in [1.165, 1.54) is 11.1 Å². The van der Waals surface area contributed by atoms with E-state index in [1.807, 2.05) is 35.2 Å². The molecule has 0 bridgehead atoms. The van der Waals surface area contributed by atoms with Gasteiger partial charge in [0, 0.05) is 26.1 Å². The highest BCUT2D eigenvalue weighted by molar-refractivity contribution is 5.86. The predicted molar refractivity (Wildman–Crippen MR) is 115 cm³/mol. The van der Waals surface area contributed by atoms with E-state index in [0.717, 1.165) is 44.2 Å². The number of nitrogens with zero attached hydrogens (tertiary/aromatic N) is 1. The lowest BCUT2D eigenvalue weighted by Gasteiger charge is -2.43. The minimum Gasteiger partial charge on any atom is -0.359 e. The SMILES string of the molecule is CNC(=O)[C@@]1(Cc2ccccc2-c2ccccc2)CCCN(C(=O)C2CCC2)C1. The maximum atomic E-state index is 13.1. The van der Waals surface area contributed by atoms with Gasteiger partial charge in [-0.2, -0.15) is 0 Å². The number of nitrogens with one attached hydrogen (secondary N) is 1. The van der Waals surface area contributed by atoms with Crippen molar-refractivity contribution in [2.45, 2.75) is 38.5 Å². The van der Waals surface area contributed by atoms with Crippen LogP contribution in [0.5, 0.6) is 0 Å². The van der Waals surface area contributed by atoms with Crippen LogP contribution in [0.2, 0.25) is 0 Å². The second-order valence-corrected chi connectivity index (χ2v) is 8.55. The topological polar surface area (TPSA) is 49.4 Å². The van der Waals surface area contributed by atoms with Crippen molar-refractivity contribution in [1.29, 1.82) is 0 Å². The molecule has 1 atom stereocenters. The lowest BCUT2D eigenvalue weighted by atomic mass is 9.72. The fourth-order valence-electron chi connectivity index (χ4n) is 4.85. The average molecular weight is 391 g/mol. The van der Waals surface area contributed by atoms with Gasteiger partial charge in [-0.1, -0.05) is 61.0 Å². The molecule has 4 rings (SSSR count). The van der Waals surface area contributed by atoms with Crippen LogP contribution in [0.4, 0.5) is 0 Å². The molecule has 2 amide bonds. The molecule has 4 heteroatoms. The van der Waals surface area contributed by atoms with Crippen LogP contribution < -0.4 is 5.32 Å². The van der Waals surface area contributed by atoms with Crippen molar-refractivity contribution >= 4 is 11.8 Å². The molecule has 2 aliphatic rings. The lowest BCUT2D eigenvalue weighted by Crippen LogP contribution is -2.55. The summed E-state index contributed by atoms with van der Waals surface area (Å²) in [5.41, 5.74) is 2.92. The highest BCUT2D eigenvalue weighted by Crippen LogP contribution is 2.39. The van der Waals surface area contributed by atoms with Crippen LogP contribution in [0.25, 0.3) is 11.1 Å². The first-order chi connectivity index (χ1) is 14.1. The number of piperidine rings is 1. The minimum absolute atomic E-state index is 0.0477. The molecule has 0 aromatic heterocycles. The number of benzene rings is 2. The summed E-state index contributed by atoms with van der Waals surface area (Å²) >= 11 is 0. The number of hydrogen-bond donors (Lipinski definition) is 1. The summed E-state index contributed by atoms with van der Waals surface area (Å²) < 4.78 is 0. The van der Waals surface area contributed by atoms with E-state index in [4.69, 9.17) is 0 Å². The Morgan fingerprint density at radius 3 is 2.45 bits per heavy atom. The van der Waals surface area contributed by atoms with Gasteiger partial charge in [0.05, 0.1) is 5.41 Å². The summed E-state index contributed by atoms with van der Waals surface area (Å²) in [7, 11) is 1.71. The Kier molecular flexibility index (Phi) is 5.70. The van der Waals surface area contributed by atoms with Crippen LogP contribution in [0.1, 0.15) is 37.7 Å². The third-order valence-corrected chi connectivity index (χ3v) is 6.68. The Bertz CT molecular complexity index is 875. The van der Waals surface area contributed by atoms with Crippen LogP contribution in [-0.4, -0.2) is 36.9 Å². The molecule has 2 aromatic carbocycles. The predicted octanol–water partition coefficient (Wildman–Crippen LogP) is 4.05. The number of carbonyl (C=O) groups is 2. The van der Waals surface area contributed by atoms with Gasteiger partial charge in [0.1, 0.15) is 0 Å². The monoisotopic (exact) mass is 390 g/mol. The molecule has 0 radical (unpaired) electrons. The van der Waals surface area contributed by atoms with Crippen LogP contribution in [0.3, 0.4) is 0 Å². The molecule has 1 N–H and O–H groups in total. The van der Waals surface area contributed by atoms with Crippen molar-refractivity contribution in [2.75, 3.05) is 20.1 Å². The van der Waals surface area contributed by atoms with Gasteiger partial charge in [0.2, 0.25) is 11.8 Å². The molecule has 1 heterocycles. The number of amides is 2. The summed E-state index contributed by atoms with van der Waals surface area (Å²) in [6.45, 7) is 1.29. The summed E-state index contributed by atoms with van der Waals surface area (Å²) in [6, 6.07) is 18.7. The summed E-state index contributed by atoms with van der Waals surface area (Å²) in [6.07, 6.45) is 5.48. The second-order valence-electron chi connectivity index (χ2n) is 8.55. The van der Waals surface area contributed by atoms with Crippen molar-refractivity contribution in [3.63, 3.8) is 0 Å². The Morgan fingerprint density at radius 1 is 1.03 bits per heavy atom. The normalized spacial score (nSPS) is 22.0. The van der Waals surface area contributed by atoms with E-state index in [0.29, 0.717) is 13.0 Å². The summed E-state index contributed by atoms with van der Waals surface area (Å²) in [5, 5.41) is 2.89. The standard InChI is InChI=1S/C25H30N2O2/c1-26-24(29)25(15-8-16-27(18-25)23(28)20-12-7-13-20)17-21-11-5-6-14-22(21)19-9-3-2-4-10-19/h2-6,9-11,14,20H,7-8,12-13,15-18H2,1H3,(H,26,29)/t25-/m1/s1. The van der Waals surface area contributed by atoms with Crippen molar-refractivity contribution in [3.05, 3.63) is 60.2 Å². The summed E-state index contributed by atoms with van der Waals surface area (Å²) in [4.78, 5) is 28.0. The molecular formula is C25H30N2O2. The van der Waals surface area contributed by atoms with Gasteiger partial charge in [0.15, 0.2) is 0 Å². The van der Waals surface area contributed by atoms with Crippen molar-refractivity contribution in [2.24, 2.45) is 11.3 Å². The second kappa shape index (κ2) is 8.40. The van der Waals surface area contributed by atoms with Crippen molar-refractivity contribution < 1.29 is 9.59 Å². The van der Waals surface area contributed by atoms with E-state index in [2.05, 4.69) is 29.6 Å². The van der Waals surface area contributed by atoms with Crippen molar-refractivity contribution in [1.82, 2.24) is 10.2 Å². The van der Waals surface area contributed by atoms with Gasteiger partial charge in [-0.05, 0) is 48.8 Å². The molecule has 1 aliphatic heterocycles. The molecule has 1 saturated carbocycles. The van der Waals surface area contributed by atoms with E-state index in [9.17, 15) is 9.59 Å². The van der Waals surface area contributed by atoms with Gasteiger partial charge in [-0.3, -0.25) is 9.59 Å². The zero-order valence-corrected chi connectivity index (χ0v) is 17.2. The molecule has 0 unspecified atom stereocenters. The average Bonchev–Trinajstić information content (AvgIpc) is 2.73. The van der Waals surface area contributed by atoms with Crippen LogP contribution in [0.15, 0.2) is 54.6 Å². The van der Waals surface area contributed by atoms with Gasteiger partial charge in [-0.25, -0.2) is 0 Å². The molecule has 0 spiro atoms.